The van der Waals surface area contributed by atoms with Crippen LogP contribution in [-0.2, 0) is 0 Å². The van der Waals surface area contributed by atoms with Crippen molar-refractivity contribution >= 4 is 21.8 Å². The number of carbonyl (C=O) groups is 1. The van der Waals surface area contributed by atoms with E-state index in [1.165, 1.54) is 19.3 Å². The Morgan fingerprint density at radius 3 is 2.21 bits per heavy atom. The first kappa shape index (κ1) is 14.5. The first-order chi connectivity index (χ1) is 8.94. The van der Waals surface area contributed by atoms with Gasteiger partial charge in [0.15, 0.2) is 0 Å². The van der Waals surface area contributed by atoms with Crippen molar-refractivity contribution in [3.63, 3.8) is 0 Å². The summed E-state index contributed by atoms with van der Waals surface area (Å²) in [6, 6.07) is 7.55. The molecular formula is C15H21BrN2O. The van der Waals surface area contributed by atoms with Crippen LogP contribution in [0.3, 0.4) is 0 Å². The van der Waals surface area contributed by atoms with Gasteiger partial charge in [-0.15, -0.1) is 0 Å². The lowest BCUT2D eigenvalue weighted by molar-refractivity contribution is 0.0252. The van der Waals surface area contributed by atoms with Crippen molar-refractivity contribution in [3.05, 3.63) is 34.3 Å². The first-order valence-electron chi connectivity index (χ1n) is 6.63. The summed E-state index contributed by atoms with van der Waals surface area (Å²) in [5.41, 5.74) is 0.929. The number of likely N-dealkylation sites (N-methyl/N-ethyl adjacent to an activating group) is 2. The SMILES string of the molecule is CN(CC1(N(C)C)CCC1)C(=O)c1ccc(Br)cc1. The Morgan fingerprint density at radius 2 is 1.79 bits per heavy atom. The van der Waals surface area contributed by atoms with E-state index in [9.17, 15) is 4.79 Å². The fraction of sp³-hybridized carbons (Fsp3) is 0.533. The zero-order chi connectivity index (χ0) is 14.0. The maximum atomic E-state index is 12.4. The predicted molar refractivity (Wildman–Crippen MR) is 81.4 cm³/mol. The van der Waals surface area contributed by atoms with E-state index >= 15 is 0 Å². The fourth-order valence-corrected chi connectivity index (χ4v) is 2.92. The van der Waals surface area contributed by atoms with E-state index in [1.54, 1.807) is 0 Å². The van der Waals surface area contributed by atoms with Gasteiger partial charge in [0.1, 0.15) is 0 Å². The summed E-state index contributed by atoms with van der Waals surface area (Å²) >= 11 is 3.39. The van der Waals surface area contributed by atoms with Crippen LogP contribution in [0.4, 0.5) is 0 Å². The highest BCUT2D eigenvalue weighted by Gasteiger charge is 2.40. The molecule has 0 aromatic heterocycles. The molecular weight excluding hydrogens is 304 g/mol. The van der Waals surface area contributed by atoms with Crippen molar-refractivity contribution in [3.8, 4) is 0 Å². The Bertz CT molecular complexity index is 452. The second-order valence-corrected chi connectivity index (χ2v) is 6.56. The molecule has 2 rings (SSSR count). The van der Waals surface area contributed by atoms with Gasteiger partial charge in [-0.3, -0.25) is 4.79 Å². The zero-order valence-corrected chi connectivity index (χ0v) is 13.4. The number of amides is 1. The minimum absolute atomic E-state index is 0.0978. The van der Waals surface area contributed by atoms with Crippen LogP contribution in [0.1, 0.15) is 29.6 Å². The quantitative estimate of drug-likeness (QED) is 0.850. The topological polar surface area (TPSA) is 23.6 Å². The van der Waals surface area contributed by atoms with Crippen molar-refractivity contribution in [2.75, 3.05) is 27.7 Å². The van der Waals surface area contributed by atoms with E-state index < -0.39 is 0 Å². The summed E-state index contributed by atoms with van der Waals surface area (Å²) in [4.78, 5) is 16.5. The number of benzene rings is 1. The first-order valence-corrected chi connectivity index (χ1v) is 7.42. The zero-order valence-electron chi connectivity index (χ0n) is 11.8. The highest BCUT2D eigenvalue weighted by Crippen LogP contribution is 2.36. The standard InChI is InChI=1S/C15H21BrN2O/c1-17(2)15(9-4-10-15)11-18(3)14(19)12-5-7-13(16)8-6-12/h5-8H,4,9-11H2,1-3H3. The average molecular weight is 325 g/mol. The normalized spacial score (nSPS) is 17.1. The Hall–Kier alpha value is -0.870. The van der Waals surface area contributed by atoms with Crippen molar-refractivity contribution in [2.45, 2.75) is 24.8 Å². The van der Waals surface area contributed by atoms with E-state index in [-0.39, 0.29) is 11.4 Å². The Kier molecular flexibility index (Phi) is 4.31. The molecule has 0 radical (unpaired) electrons. The van der Waals surface area contributed by atoms with Crippen molar-refractivity contribution in [1.82, 2.24) is 9.80 Å². The molecule has 1 aliphatic carbocycles. The molecule has 0 heterocycles. The van der Waals surface area contributed by atoms with E-state index in [0.29, 0.717) is 0 Å². The summed E-state index contributed by atoms with van der Waals surface area (Å²) in [7, 11) is 6.11. The molecule has 0 bridgehead atoms. The summed E-state index contributed by atoms with van der Waals surface area (Å²) < 4.78 is 0.996. The largest absolute Gasteiger partial charge is 0.340 e. The second-order valence-electron chi connectivity index (χ2n) is 5.64. The van der Waals surface area contributed by atoms with E-state index in [4.69, 9.17) is 0 Å². The predicted octanol–water partition coefficient (Wildman–Crippen LogP) is 3.01. The van der Waals surface area contributed by atoms with Gasteiger partial charge in [0.25, 0.3) is 5.91 Å². The van der Waals surface area contributed by atoms with Gasteiger partial charge in [-0.1, -0.05) is 15.9 Å². The van der Waals surface area contributed by atoms with Gasteiger partial charge >= 0.3 is 0 Å². The van der Waals surface area contributed by atoms with Crippen molar-refractivity contribution in [2.24, 2.45) is 0 Å². The lowest BCUT2D eigenvalue weighted by atomic mass is 9.75. The van der Waals surface area contributed by atoms with Crippen LogP contribution in [0, 0.1) is 0 Å². The minimum atomic E-state index is 0.0978. The summed E-state index contributed by atoms with van der Waals surface area (Å²) in [6.45, 7) is 0.800. The molecule has 3 nitrogen and oxygen atoms in total. The summed E-state index contributed by atoms with van der Waals surface area (Å²) in [5.74, 6) is 0.0978. The number of halogens is 1. The van der Waals surface area contributed by atoms with Crippen LogP contribution in [0.15, 0.2) is 28.7 Å². The third-order valence-electron chi connectivity index (χ3n) is 4.20. The molecule has 104 valence electrons. The summed E-state index contributed by atoms with van der Waals surface area (Å²) in [5, 5.41) is 0. The van der Waals surface area contributed by atoms with Crippen molar-refractivity contribution < 1.29 is 4.79 Å². The molecule has 1 aromatic carbocycles. The van der Waals surface area contributed by atoms with Gasteiger partial charge in [-0.2, -0.15) is 0 Å². The maximum Gasteiger partial charge on any atom is 0.253 e. The van der Waals surface area contributed by atoms with Gasteiger partial charge in [0.2, 0.25) is 0 Å². The number of hydrogen-bond acceptors (Lipinski definition) is 2. The summed E-state index contributed by atoms with van der Waals surface area (Å²) in [6.07, 6.45) is 3.62. The number of carbonyl (C=O) groups excluding carboxylic acids is 1. The Balaban J connectivity index is 2.05. The molecule has 1 aromatic rings. The third-order valence-corrected chi connectivity index (χ3v) is 4.73. The van der Waals surface area contributed by atoms with Gasteiger partial charge in [0, 0.05) is 29.2 Å². The van der Waals surface area contributed by atoms with Crippen LogP contribution in [0.25, 0.3) is 0 Å². The molecule has 1 fully saturated rings. The smallest absolute Gasteiger partial charge is 0.253 e. The number of nitrogens with zero attached hydrogens (tertiary/aromatic N) is 2. The van der Waals surface area contributed by atoms with Crippen LogP contribution in [0.5, 0.6) is 0 Å². The second kappa shape index (κ2) is 5.63. The molecule has 0 saturated heterocycles. The Morgan fingerprint density at radius 1 is 1.21 bits per heavy atom. The van der Waals surface area contributed by atoms with Crippen LogP contribution in [-0.4, -0.2) is 48.9 Å². The van der Waals surface area contributed by atoms with Gasteiger partial charge in [0.05, 0.1) is 0 Å². The highest BCUT2D eigenvalue weighted by molar-refractivity contribution is 9.10. The molecule has 4 heteroatoms. The molecule has 0 unspecified atom stereocenters. The Labute approximate surface area is 123 Å². The van der Waals surface area contributed by atoms with E-state index in [0.717, 1.165) is 16.6 Å². The maximum absolute atomic E-state index is 12.4. The van der Waals surface area contributed by atoms with Gasteiger partial charge in [-0.25, -0.2) is 0 Å². The van der Waals surface area contributed by atoms with Crippen LogP contribution in [0.2, 0.25) is 0 Å². The molecule has 0 spiro atoms. The van der Waals surface area contributed by atoms with Crippen LogP contribution >= 0.6 is 15.9 Å². The minimum Gasteiger partial charge on any atom is -0.340 e. The number of rotatable bonds is 4. The van der Waals surface area contributed by atoms with Gasteiger partial charge < -0.3 is 9.80 Å². The van der Waals surface area contributed by atoms with Gasteiger partial charge in [-0.05, 0) is 57.6 Å². The number of hydrogen-bond donors (Lipinski definition) is 0. The lowest BCUT2D eigenvalue weighted by Crippen LogP contribution is -2.57. The van der Waals surface area contributed by atoms with Crippen LogP contribution < -0.4 is 0 Å². The molecule has 1 saturated carbocycles. The van der Waals surface area contributed by atoms with Crippen molar-refractivity contribution in [1.29, 1.82) is 0 Å². The van der Waals surface area contributed by atoms with E-state index in [1.807, 2.05) is 36.2 Å². The van der Waals surface area contributed by atoms with E-state index in [2.05, 4.69) is 34.9 Å². The molecule has 0 aliphatic heterocycles. The fourth-order valence-electron chi connectivity index (χ4n) is 2.66. The third kappa shape index (κ3) is 3.00. The molecule has 1 amide bonds. The molecule has 19 heavy (non-hydrogen) atoms. The molecule has 1 aliphatic rings. The molecule has 0 N–H and O–H groups in total. The highest BCUT2D eigenvalue weighted by atomic mass is 79.9. The monoisotopic (exact) mass is 324 g/mol. The average Bonchev–Trinajstić information content (AvgIpc) is 2.33. The molecule has 0 atom stereocenters. The lowest BCUT2D eigenvalue weighted by Gasteiger charge is -2.49.